The second-order valence-electron chi connectivity index (χ2n) is 3.59. The van der Waals surface area contributed by atoms with Crippen molar-refractivity contribution in [2.45, 2.75) is 17.9 Å². The third kappa shape index (κ3) is 3.95. The molecular weight excluding hydrogens is 308 g/mol. The summed E-state index contributed by atoms with van der Waals surface area (Å²) >= 11 is 3.18. The normalized spacial score (nSPS) is 13.6. The molecule has 0 aromatic heterocycles. The van der Waals surface area contributed by atoms with Gasteiger partial charge < -0.3 is 10.5 Å². The van der Waals surface area contributed by atoms with Gasteiger partial charge in [0.25, 0.3) is 0 Å². The van der Waals surface area contributed by atoms with Crippen molar-refractivity contribution in [3.05, 3.63) is 22.7 Å². The van der Waals surface area contributed by atoms with Crippen LogP contribution < -0.4 is 10.5 Å². The number of hydrogen-bond donors (Lipinski definition) is 2. The number of anilines is 1. The third-order valence-corrected chi connectivity index (χ3v) is 4.61. The molecule has 0 aliphatic rings. The highest BCUT2D eigenvalue weighted by Crippen LogP contribution is 2.23. The lowest BCUT2D eigenvalue weighted by molar-refractivity contribution is 0.122. The van der Waals surface area contributed by atoms with E-state index in [0.29, 0.717) is 10.2 Å². The topological polar surface area (TPSA) is 81.4 Å². The van der Waals surface area contributed by atoms with Gasteiger partial charge in [0, 0.05) is 23.8 Å². The molecule has 1 aromatic rings. The molecular formula is C10H15BrN2O3S. The molecule has 0 heterocycles. The van der Waals surface area contributed by atoms with Gasteiger partial charge in [-0.05, 0) is 41.1 Å². The Morgan fingerprint density at radius 3 is 2.71 bits per heavy atom. The number of methoxy groups -OCH3 is 1. The first kappa shape index (κ1) is 14.4. The predicted octanol–water partition coefficient (Wildman–Crippen LogP) is 1.34. The second-order valence-corrected chi connectivity index (χ2v) is 6.18. The summed E-state index contributed by atoms with van der Waals surface area (Å²) in [5, 5.41) is 0. The Morgan fingerprint density at radius 2 is 2.18 bits per heavy atom. The molecule has 0 saturated carbocycles. The van der Waals surface area contributed by atoms with Crippen LogP contribution in [-0.2, 0) is 14.8 Å². The van der Waals surface area contributed by atoms with E-state index in [1.807, 2.05) is 0 Å². The highest BCUT2D eigenvalue weighted by atomic mass is 79.9. The minimum absolute atomic E-state index is 0.162. The minimum Gasteiger partial charge on any atom is -0.399 e. The maximum atomic E-state index is 11.9. The van der Waals surface area contributed by atoms with Crippen LogP contribution in [0.15, 0.2) is 27.6 Å². The molecule has 5 nitrogen and oxygen atoms in total. The van der Waals surface area contributed by atoms with E-state index in [2.05, 4.69) is 20.7 Å². The number of nitrogens with one attached hydrogen (secondary N) is 1. The molecule has 0 spiro atoms. The number of nitrogen functional groups attached to an aromatic ring is 1. The van der Waals surface area contributed by atoms with Gasteiger partial charge in [0.05, 0.1) is 11.0 Å². The summed E-state index contributed by atoms with van der Waals surface area (Å²) in [5.41, 5.74) is 6.05. The third-order valence-electron chi connectivity index (χ3n) is 2.21. The van der Waals surface area contributed by atoms with E-state index in [4.69, 9.17) is 10.5 Å². The quantitative estimate of drug-likeness (QED) is 0.802. The van der Waals surface area contributed by atoms with Gasteiger partial charge >= 0.3 is 0 Å². The number of rotatable bonds is 5. The van der Waals surface area contributed by atoms with Crippen LogP contribution in [0.4, 0.5) is 5.69 Å². The van der Waals surface area contributed by atoms with E-state index >= 15 is 0 Å². The van der Waals surface area contributed by atoms with Crippen LogP contribution >= 0.6 is 15.9 Å². The van der Waals surface area contributed by atoms with Crippen LogP contribution in [0.5, 0.6) is 0 Å². The van der Waals surface area contributed by atoms with Gasteiger partial charge in [-0.25, -0.2) is 13.1 Å². The van der Waals surface area contributed by atoms with Gasteiger partial charge in [0.2, 0.25) is 10.0 Å². The summed E-state index contributed by atoms with van der Waals surface area (Å²) < 4.78 is 31.8. The molecule has 0 amide bonds. The standard InChI is InChI=1S/C10H15BrN2O3S/c1-7(16-2)6-13-17(14,15)10-4-3-8(12)5-9(10)11/h3-5,7,13H,6,12H2,1-2H3. The zero-order valence-electron chi connectivity index (χ0n) is 9.60. The smallest absolute Gasteiger partial charge is 0.241 e. The largest absolute Gasteiger partial charge is 0.399 e. The van der Waals surface area contributed by atoms with Crippen molar-refractivity contribution in [3.8, 4) is 0 Å². The summed E-state index contributed by atoms with van der Waals surface area (Å²) in [6, 6.07) is 4.55. The summed E-state index contributed by atoms with van der Waals surface area (Å²) in [6.45, 7) is 2.00. The van der Waals surface area contributed by atoms with Crippen molar-refractivity contribution < 1.29 is 13.2 Å². The highest BCUT2D eigenvalue weighted by Gasteiger charge is 2.18. The molecule has 0 aliphatic heterocycles. The average molecular weight is 323 g/mol. The minimum atomic E-state index is -3.55. The summed E-state index contributed by atoms with van der Waals surface area (Å²) in [4.78, 5) is 0.162. The molecule has 96 valence electrons. The molecule has 0 fully saturated rings. The van der Waals surface area contributed by atoms with E-state index in [0.717, 1.165) is 0 Å². The van der Waals surface area contributed by atoms with Crippen LogP contribution in [0, 0.1) is 0 Å². The molecule has 3 N–H and O–H groups in total. The average Bonchev–Trinajstić information content (AvgIpc) is 2.25. The van der Waals surface area contributed by atoms with Gasteiger partial charge in [0.1, 0.15) is 0 Å². The highest BCUT2D eigenvalue weighted by molar-refractivity contribution is 9.10. The SMILES string of the molecule is COC(C)CNS(=O)(=O)c1ccc(N)cc1Br. The first-order chi connectivity index (χ1) is 7.86. The number of hydrogen-bond acceptors (Lipinski definition) is 4. The van der Waals surface area contributed by atoms with E-state index in [1.165, 1.54) is 13.2 Å². The predicted molar refractivity (Wildman–Crippen MR) is 70.2 cm³/mol. The zero-order valence-corrected chi connectivity index (χ0v) is 12.0. The fourth-order valence-electron chi connectivity index (χ4n) is 1.12. The maximum Gasteiger partial charge on any atom is 0.241 e. The van der Waals surface area contributed by atoms with Crippen molar-refractivity contribution in [2.75, 3.05) is 19.4 Å². The van der Waals surface area contributed by atoms with Crippen molar-refractivity contribution in [2.24, 2.45) is 0 Å². The van der Waals surface area contributed by atoms with Gasteiger partial charge in [-0.2, -0.15) is 0 Å². The Balaban J connectivity index is 2.90. The monoisotopic (exact) mass is 322 g/mol. The maximum absolute atomic E-state index is 11.9. The van der Waals surface area contributed by atoms with E-state index in [-0.39, 0.29) is 17.5 Å². The van der Waals surface area contributed by atoms with Crippen molar-refractivity contribution >= 4 is 31.6 Å². The number of halogens is 1. The lowest BCUT2D eigenvalue weighted by Gasteiger charge is -2.12. The lowest BCUT2D eigenvalue weighted by atomic mass is 10.3. The summed E-state index contributed by atoms with van der Waals surface area (Å²) in [5.74, 6) is 0. The van der Waals surface area contributed by atoms with Crippen LogP contribution in [0.2, 0.25) is 0 Å². The Labute approximate surface area is 110 Å². The first-order valence-electron chi connectivity index (χ1n) is 4.94. The molecule has 0 aliphatic carbocycles. The Bertz CT molecular complexity index is 490. The molecule has 7 heteroatoms. The zero-order chi connectivity index (χ0) is 13.1. The fourth-order valence-corrected chi connectivity index (χ4v) is 3.33. The molecule has 1 unspecified atom stereocenters. The van der Waals surface area contributed by atoms with Gasteiger partial charge in [-0.1, -0.05) is 0 Å². The number of sulfonamides is 1. The van der Waals surface area contributed by atoms with Gasteiger partial charge in [-0.15, -0.1) is 0 Å². The second kappa shape index (κ2) is 5.81. The molecule has 0 radical (unpaired) electrons. The number of ether oxygens (including phenoxy) is 1. The molecule has 0 saturated heterocycles. The lowest BCUT2D eigenvalue weighted by Crippen LogP contribution is -2.31. The van der Waals surface area contributed by atoms with Crippen LogP contribution in [-0.4, -0.2) is 28.2 Å². The van der Waals surface area contributed by atoms with Crippen molar-refractivity contribution in [1.82, 2.24) is 4.72 Å². The van der Waals surface area contributed by atoms with E-state index in [1.54, 1.807) is 19.1 Å². The number of nitrogens with two attached hydrogens (primary N) is 1. The summed E-state index contributed by atoms with van der Waals surface area (Å²) in [6.07, 6.45) is -0.183. The molecule has 17 heavy (non-hydrogen) atoms. The van der Waals surface area contributed by atoms with E-state index < -0.39 is 10.0 Å². The van der Waals surface area contributed by atoms with E-state index in [9.17, 15) is 8.42 Å². The Hall–Kier alpha value is -0.630. The van der Waals surface area contributed by atoms with Gasteiger partial charge in [0.15, 0.2) is 0 Å². The molecule has 0 bridgehead atoms. The summed E-state index contributed by atoms with van der Waals surface area (Å²) in [7, 11) is -2.02. The van der Waals surface area contributed by atoms with Crippen LogP contribution in [0.1, 0.15) is 6.92 Å². The molecule has 1 atom stereocenters. The van der Waals surface area contributed by atoms with Crippen molar-refractivity contribution in [1.29, 1.82) is 0 Å². The van der Waals surface area contributed by atoms with Crippen molar-refractivity contribution in [3.63, 3.8) is 0 Å². The van der Waals surface area contributed by atoms with Crippen LogP contribution in [0.3, 0.4) is 0 Å². The molecule has 1 rings (SSSR count). The Morgan fingerprint density at radius 1 is 1.53 bits per heavy atom. The first-order valence-corrected chi connectivity index (χ1v) is 7.22. The van der Waals surface area contributed by atoms with Crippen LogP contribution in [0.25, 0.3) is 0 Å². The Kier molecular flexibility index (Phi) is 4.93. The number of benzene rings is 1. The molecule has 1 aromatic carbocycles. The van der Waals surface area contributed by atoms with Gasteiger partial charge in [-0.3, -0.25) is 0 Å². The fraction of sp³-hybridized carbons (Fsp3) is 0.400.